The predicted octanol–water partition coefficient (Wildman–Crippen LogP) is 3.92. The molecule has 1 atom stereocenters. The molecule has 0 amide bonds. The van der Waals surface area contributed by atoms with Crippen molar-refractivity contribution < 1.29 is 14.2 Å². The zero-order valence-electron chi connectivity index (χ0n) is 11.9. The first-order chi connectivity index (χ1) is 9.98. The van der Waals surface area contributed by atoms with Gasteiger partial charge in [0.15, 0.2) is 0 Å². The van der Waals surface area contributed by atoms with Gasteiger partial charge in [-0.2, -0.15) is 0 Å². The summed E-state index contributed by atoms with van der Waals surface area (Å²) in [5.74, 6) is 0.390. The van der Waals surface area contributed by atoms with Crippen LogP contribution in [0.4, 0.5) is 10.1 Å². The van der Waals surface area contributed by atoms with Gasteiger partial charge >= 0.3 is 0 Å². The van der Waals surface area contributed by atoms with Gasteiger partial charge in [0.25, 0.3) is 0 Å². The number of hydrogen-bond acceptors (Lipinski definition) is 3. The maximum Gasteiger partial charge on any atom is 0.137 e. The number of hydrogen-bond donors (Lipinski definition) is 2. The fraction of sp³-hybridized carbons (Fsp3) is 0.250. The summed E-state index contributed by atoms with van der Waals surface area (Å²) in [6, 6.07) is 12.1. The predicted molar refractivity (Wildman–Crippen MR) is 85.2 cm³/mol. The molecule has 0 radical (unpaired) electrons. The van der Waals surface area contributed by atoms with Gasteiger partial charge in [0, 0.05) is 11.8 Å². The van der Waals surface area contributed by atoms with Gasteiger partial charge < -0.3 is 15.2 Å². The number of benzene rings is 2. The van der Waals surface area contributed by atoms with Crippen LogP contribution >= 0.6 is 15.9 Å². The van der Waals surface area contributed by atoms with E-state index in [1.807, 2.05) is 31.2 Å². The summed E-state index contributed by atoms with van der Waals surface area (Å²) in [5.41, 5.74) is 0.857. The van der Waals surface area contributed by atoms with E-state index in [1.54, 1.807) is 19.2 Å². The van der Waals surface area contributed by atoms with E-state index in [0.717, 1.165) is 17.0 Å². The summed E-state index contributed by atoms with van der Waals surface area (Å²) in [6.07, 6.45) is 0. The van der Waals surface area contributed by atoms with Crippen molar-refractivity contribution in [1.29, 1.82) is 0 Å². The Labute approximate surface area is 131 Å². The van der Waals surface area contributed by atoms with Crippen molar-refractivity contribution in [2.75, 3.05) is 19.0 Å². The first-order valence-corrected chi connectivity index (χ1v) is 7.26. The number of anilines is 1. The summed E-state index contributed by atoms with van der Waals surface area (Å²) in [4.78, 5) is 0. The van der Waals surface area contributed by atoms with E-state index in [2.05, 4.69) is 21.2 Å². The molecule has 0 saturated heterocycles. The van der Waals surface area contributed by atoms with Crippen molar-refractivity contribution in [3.63, 3.8) is 0 Å². The molecule has 2 aromatic rings. The van der Waals surface area contributed by atoms with Crippen LogP contribution in [-0.2, 0) is 5.54 Å². The number of aliphatic hydroxyl groups is 1. The highest BCUT2D eigenvalue weighted by molar-refractivity contribution is 9.10. The third-order valence-corrected chi connectivity index (χ3v) is 3.97. The molecule has 2 rings (SSSR count). The molecule has 2 aromatic carbocycles. The van der Waals surface area contributed by atoms with E-state index in [-0.39, 0.29) is 12.4 Å². The molecule has 112 valence electrons. The zero-order chi connectivity index (χ0) is 15.5. The minimum atomic E-state index is -0.734. The minimum Gasteiger partial charge on any atom is -0.497 e. The molecule has 3 nitrogen and oxygen atoms in total. The quantitative estimate of drug-likeness (QED) is 0.855. The fourth-order valence-electron chi connectivity index (χ4n) is 2.06. The number of rotatable bonds is 5. The van der Waals surface area contributed by atoms with Gasteiger partial charge in [0.2, 0.25) is 0 Å². The Hall–Kier alpha value is -1.59. The lowest BCUT2D eigenvalue weighted by molar-refractivity contribution is 0.224. The third kappa shape index (κ3) is 3.54. The van der Waals surface area contributed by atoms with Gasteiger partial charge in [0.1, 0.15) is 11.6 Å². The fourth-order valence-corrected chi connectivity index (χ4v) is 2.44. The number of aliphatic hydroxyl groups excluding tert-OH is 1. The molecular weight excluding hydrogens is 337 g/mol. The Balaban J connectivity index is 2.33. The van der Waals surface area contributed by atoms with Gasteiger partial charge in [-0.15, -0.1) is 0 Å². The topological polar surface area (TPSA) is 41.5 Å². The van der Waals surface area contributed by atoms with Gasteiger partial charge in [-0.25, -0.2) is 4.39 Å². The molecule has 2 N–H and O–H groups in total. The van der Waals surface area contributed by atoms with Crippen molar-refractivity contribution in [3.05, 3.63) is 58.3 Å². The van der Waals surface area contributed by atoms with Crippen LogP contribution in [0.3, 0.4) is 0 Å². The highest BCUT2D eigenvalue weighted by atomic mass is 79.9. The molecule has 1 unspecified atom stereocenters. The molecule has 0 fully saturated rings. The summed E-state index contributed by atoms with van der Waals surface area (Å²) in [7, 11) is 1.60. The van der Waals surface area contributed by atoms with Gasteiger partial charge in [0.05, 0.1) is 23.7 Å². The van der Waals surface area contributed by atoms with Crippen LogP contribution in [0, 0.1) is 5.82 Å². The van der Waals surface area contributed by atoms with Crippen LogP contribution in [0.5, 0.6) is 5.75 Å². The number of nitrogens with one attached hydrogen (secondary N) is 1. The monoisotopic (exact) mass is 353 g/mol. The highest BCUT2D eigenvalue weighted by Crippen LogP contribution is 2.30. The molecule has 5 heteroatoms. The van der Waals surface area contributed by atoms with E-state index in [9.17, 15) is 9.50 Å². The Morgan fingerprint density at radius 3 is 2.67 bits per heavy atom. The normalized spacial score (nSPS) is 13.6. The summed E-state index contributed by atoms with van der Waals surface area (Å²) >= 11 is 3.17. The second kappa shape index (κ2) is 6.45. The largest absolute Gasteiger partial charge is 0.497 e. The molecule has 0 spiro atoms. The van der Waals surface area contributed by atoms with Crippen molar-refractivity contribution in [2.24, 2.45) is 0 Å². The van der Waals surface area contributed by atoms with E-state index in [1.165, 1.54) is 6.07 Å². The number of halogens is 2. The second-order valence-corrected chi connectivity index (χ2v) is 5.83. The van der Waals surface area contributed by atoms with Crippen molar-refractivity contribution in [3.8, 4) is 5.75 Å². The van der Waals surface area contributed by atoms with Crippen LogP contribution in [0.15, 0.2) is 46.9 Å². The maximum atomic E-state index is 13.4. The Morgan fingerprint density at radius 1 is 1.29 bits per heavy atom. The standard InChI is InChI=1S/C16H17BrFNO2/c1-16(10-20,11-6-7-15(18)14(17)8-11)19-12-4-3-5-13(9-12)21-2/h3-9,19-20H,10H2,1-2H3. The van der Waals surface area contributed by atoms with E-state index in [4.69, 9.17) is 4.74 Å². The molecule has 0 heterocycles. The van der Waals surface area contributed by atoms with Gasteiger partial charge in [-0.1, -0.05) is 12.1 Å². The number of methoxy groups -OCH3 is 1. The second-order valence-electron chi connectivity index (χ2n) is 4.98. The molecule has 0 aromatic heterocycles. The van der Waals surface area contributed by atoms with Crippen molar-refractivity contribution in [2.45, 2.75) is 12.5 Å². The average Bonchev–Trinajstić information content (AvgIpc) is 2.50. The Morgan fingerprint density at radius 2 is 2.05 bits per heavy atom. The van der Waals surface area contributed by atoms with E-state index >= 15 is 0 Å². The average molecular weight is 354 g/mol. The van der Waals surface area contributed by atoms with Crippen molar-refractivity contribution in [1.82, 2.24) is 0 Å². The Kier molecular flexibility index (Phi) is 4.85. The molecule has 0 bridgehead atoms. The lowest BCUT2D eigenvalue weighted by Crippen LogP contribution is -2.35. The molecule has 21 heavy (non-hydrogen) atoms. The van der Waals surface area contributed by atoms with Gasteiger partial charge in [-0.05, 0) is 52.7 Å². The molecular formula is C16H17BrFNO2. The zero-order valence-corrected chi connectivity index (χ0v) is 13.4. The van der Waals surface area contributed by atoms with Crippen LogP contribution < -0.4 is 10.1 Å². The first kappa shape index (κ1) is 15.8. The van der Waals surface area contributed by atoms with Crippen LogP contribution in [0.1, 0.15) is 12.5 Å². The molecule has 0 aliphatic heterocycles. The summed E-state index contributed by atoms with van der Waals surface area (Å²) in [5, 5.41) is 13.1. The van der Waals surface area contributed by atoms with Crippen LogP contribution in [0.2, 0.25) is 0 Å². The van der Waals surface area contributed by atoms with Gasteiger partial charge in [-0.3, -0.25) is 0 Å². The number of ether oxygens (including phenoxy) is 1. The van der Waals surface area contributed by atoms with Crippen LogP contribution in [0.25, 0.3) is 0 Å². The minimum absolute atomic E-state index is 0.137. The lowest BCUT2D eigenvalue weighted by Gasteiger charge is -2.31. The van der Waals surface area contributed by atoms with E-state index in [0.29, 0.717) is 4.47 Å². The highest BCUT2D eigenvalue weighted by Gasteiger charge is 2.26. The SMILES string of the molecule is COc1cccc(NC(C)(CO)c2ccc(F)c(Br)c2)c1. The Bertz CT molecular complexity index is 635. The molecule has 0 aliphatic carbocycles. The summed E-state index contributed by atoms with van der Waals surface area (Å²) in [6.45, 7) is 1.72. The van der Waals surface area contributed by atoms with Crippen molar-refractivity contribution >= 4 is 21.6 Å². The molecule has 0 aliphatic rings. The first-order valence-electron chi connectivity index (χ1n) is 6.47. The smallest absolute Gasteiger partial charge is 0.137 e. The van der Waals surface area contributed by atoms with Crippen LogP contribution in [-0.4, -0.2) is 18.8 Å². The summed E-state index contributed by atoms with van der Waals surface area (Å²) < 4.78 is 18.9. The third-order valence-electron chi connectivity index (χ3n) is 3.36. The molecule has 0 saturated carbocycles. The lowest BCUT2D eigenvalue weighted by atomic mass is 9.92. The maximum absolute atomic E-state index is 13.4. The van der Waals surface area contributed by atoms with E-state index < -0.39 is 5.54 Å².